The van der Waals surface area contributed by atoms with Crippen LogP contribution < -0.4 is 4.74 Å². The van der Waals surface area contributed by atoms with Crippen LogP contribution in [-0.2, 0) is 17.8 Å². The molecule has 4 nitrogen and oxygen atoms in total. The Bertz CT molecular complexity index is 1020. The number of nitriles is 1. The molecule has 4 heteroatoms. The molecule has 0 heterocycles. The molecule has 0 spiro atoms. The van der Waals surface area contributed by atoms with Crippen molar-refractivity contribution in [2.24, 2.45) is 0 Å². The first-order valence-corrected chi connectivity index (χ1v) is 9.08. The van der Waals surface area contributed by atoms with E-state index in [0.29, 0.717) is 17.7 Å². The van der Waals surface area contributed by atoms with Gasteiger partial charge in [0.15, 0.2) is 0 Å². The summed E-state index contributed by atoms with van der Waals surface area (Å²) in [6.45, 7) is 2.46. The number of ether oxygens (including phenoxy) is 2. The second kappa shape index (κ2) is 8.88. The van der Waals surface area contributed by atoms with Crippen molar-refractivity contribution in [1.29, 1.82) is 5.26 Å². The van der Waals surface area contributed by atoms with Crippen molar-refractivity contribution in [1.82, 2.24) is 0 Å². The molecule has 0 aromatic heterocycles. The van der Waals surface area contributed by atoms with E-state index in [2.05, 4.69) is 19.1 Å². The van der Waals surface area contributed by atoms with Gasteiger partial charge >= 0.3 is 5.97 Å². The Hall–Kier alpha value is -3.58. The normalized spacial score (nSPS) is 10.2. The average Bonchev–Trinajstić information content (AvgIpc) is 2.77. The van der Waals surface area contributed by atoms with E-state index in [1.54, 1.807) is 18.2 Å². The summed E-state index contributed by atoms with van der Waals surface area (Å²) in [6.07, 6.45) is 0.890. The predicted octanol–water partition coefficient (Wildman–Crippen LogP) is 5.15. The second-order valence-electron chi connectivity index (χ2n) is 6.31. The van der Waals surface area contributed by atoms with Crippen LogP contribution in [0.15, 0.2) is 66.7 Å². The fourth-order valence-electron chi connectivity index (χ4n) is 3.04. The van der Waals surface area contributed by atoms with Gasteiger partial charge in [0, 0.05) is 5.56 Å². The van der Waals surface area contributed by atoms with Crippen LogP contribution in [0.25, 0.3) is 11.1 Å². The van der Waals surface area contributed by atoms with Crippen molar-refractivity contribution in [3.63, 3.8) is 0 Å². The first-order valence-electron chi connectivity index (χ1n) is 9.08. The number of esters is 1. The van der Waals surface area contributed by atoms with Crippen LogP contribution in [0.1, 0.15) is 34.0 Å². The number of hydrogen-bond acceptors (Lipinski definition) is 4. The van der Waals surface area contributed by atoms with E-state index < -0.39 is 0 Å². The highest BCUT2D eigenvalue weighted by Crippen LogP contribution is 2.34. The van der Waals surface area contributed by atoms with Gasteiger partial charge in [-0.3, -0.25) is 0 Å². The number of nitrogens with zero attached hydrogens (tertiary/aromatic N) is 1. The Balaban J connectivity index is 1.88. The zero-order chi connectivity index (χ0) is 19.9. The smallest absolute Gasteiger partial charge is 0.337 e. The molecule has 0 radical (unpaired) electrons. The minimum absolute atomic E-state index is 0.356. The van der Waals surface area contributed by atoms with Crippen LogP contribution in [0.3, 0.4) is 0 Å². The van der Waals surface area contributed by atoms with Crippen LogP contribution in [-0.4, -0.2) is 13.1 Å². The number of hydrogen-bond donors (Lipinski definition) is 0. The van der Waals surface area contributed by atoms with E-state index in [9.17, 15) is 10.1 Å². The molecule has 28 heavy (non-hydrogen) atoms. The van der Waals surface area contributed by atoms with Crippen molar-refractivity contribution in [3.05, 3.63) is 89.0 Å². The molecule has 0 amide bonds. The third kappa shape index (κ3) is 4.21. The summed E-state index contributed by atoms with van der Waals surface area (Å²) >= 11 is 0. The van der Waals surface area contributed by atoms with Crippen molar-refractivity contribution in [2.45, 2.75) is 20.0 Å². The van der Waals surface area contributed by atoms with E-state index in [4.69, 9.17) is 9.47 Å². The van der Waals surface area contributed by atoms with Crippen molar-refractivity contribution >= 4 is 5.97 Å². The third-order valence-corrected chi connectivity index (χ3v) is 4.57. The van der Waals surface area contributed by atoms with Gasteiger partial charge in [-0.1, -0.05) is 43.3 Å². The summed E-state index contributed by atoms with van der Waals surface area (Å²) in [5.41, 5.74) is 5.20. The first-order chi connectivity index (χ1) is 13.7. The van der Waals surface area contributed by atoms with Gasteiger partial charge in [-0.25, -0.2) is 4.79 Å². The zero-order valence-corrected chi connectivity index (χ0v) is 15.9. The van der Waals surface area contributed by atoms with Gasteiger partial charge in [-0.05, 0) is 53.4 Å². The van der Waals surface area contributed by atoms with E-state index in [0.717, 1.165) is 28.9 Å². The lowest BCUT2D eigenvalue weighted by Gasteiger charge is -2.15. The average molecular weight is 371 g/mol. The Morgan fingerprint density at radius 2 is 1.75 bits per heavy atom. The lowest BCUT2D eigenvalue weighted by molar-refractivity contribution is 0.0600. The highest BCUT2D eigenvalue weighted by atomic mass is 16.5. The molecule has 0 saturated carbocycles. The molecule has 0 unspecified atom stereocenters. The van der Waals surface area contributed by atoms with Crippen LogP contribution in [0.4, 0.5) is 0 Å². The molecule has 0 saturated heterocycles. The van der Waals surface area contributed by atoms with Gasteiger partial charge in [0.1, 0.15) is 12.4 Å². The second-order valence-corrected chi connectivity index (χ2v) is 6.31. The molecule has 0 atom stereocenters. The minimum Gasteiger partial charge on any atom is -0.488 e. The van der Waals surface area contributed by atoms with Gasteiger partial charge in [0.2, 0.25) is 0 Å². The molecule has 0 bridgehead atoms. The van der Waals surface area contributed by atoms with Gasteiger partial charge in [0.05, 0.1) is 24.3 Å². The summed E-state index contributed by atoms with van der Waals surface area (Å²) in [5.74, 6) is 0.356. The highest BCUT2D eigenvalue weighted by Gasteiger charge is 2.12. The number of methoxy groups -OCH3 is 1. The molecular formula is C24H21NO3. The van der Waals surface area contributed by atoms with E-state index in [-0.39, 0.29) is 5.97 Å². The number of rotatable bonds is 6. The van der Waals surface area contributed by atoms with Gasteiger partial charge in [-0.15, -0.1) is 0 Å². The quantitative estimate of drug-likeness (QED) is 0.562. The SMILES string of the molecule is CCc1ccccc1-c1cc(C#N)ccc1OCc1ccc(C(=O)OC)cc1. The van der Waals surface area contributed by atoms with Gasteiger partial charge < -0.3 is 9.47 Å². The molecule has 0 aliphatic carbocycles. The van der Waals surface area contributed by atoms with E-state index in [1.165, 1.54) is 12.7 Å². The van der Waals surface area contributed by atoms with Gasteiger partial charge in [-0.2, -0.15) is 5.26 Å². The third-order valence-electron chi connectivity index (χ3n) is 4.57. The van der Waals surface area contributed by atoms with Crippen LogP contribution in [0.2, 0.25) is 0 Å². The fourth-order valence-corrected chi connectivity index (χ4v) is 3.04. The van der Waals surface area contributed by atoms with Crippen LogP contribution in [0.5, 0.6) is 5.75 Å². The number of carbonyl (C=O) groups is 1. The summed E-state index contributed by atoms with van der Waals surface area (Å²) in [6, 6.07) is 22.9. The first kappa shape index (κ1) is 19.2. The van der Waals surface area contributed by atoms with Gasteiger partial charge in [0.25, 0.3) is 0 Å². The summed E-state index contributed by atoms with van der Waals surface area (Å²) in [7, 11) is 1.36. The Kier molecular flexibility index (Phi) is 6.08. The van der Waals surface area contributed by atoms with Crippen LogP contribution in [0, 0.1) is 11.3 Å². The summed E-state index contributed by atoms with van der Waals surface area (Å²) in [5, 5.41) is 9.30. The van der Waals surface area contributed by atoms with Crippen molar-refractivity contribution < 1.29 is 14.3 Å². The van der Waals surface area contributed by atoms with Crippen molar-refractivity contribution in [2.75, 3.05) is 7.11 Å². The lowest BCUT2D eigenvalue weighted by Crippen LogP contribution is -2.02. The molecule has 0 N–H and O–H groups in total. The number of aryl methyl sites for hydroxylation is 1. The molecular weight excluding hydrogens is 350 g/mol. The predicted molar refractivity (Wildman–Crippen MR) is 108 cm³/mol. The van der Waals surface area contributed by atoms with Crippen LogP contribution >= 0.6 is 0 Å². The monoisotopic (exact) mass is 371 g/mol. The van der Waals surface area contributed by atoms with E-state index in [1.807, 2.05) is 42.5 Å². The standard InChI is InChI=1S/C24H21NO3/c1-3-19-6-4-5-7-21(19)22-14-18(15-25)10-13-23(22)28-16-17-8-11-20(12-9-17)24(26)27-2/h4-14H,3,16H2,1-2H3. The maximum Gasteiger partial charge on any atom is 0.337 e. The Labute approximate surface area is 165 Å². The van der Waals surface area contributed by atoms with Crippen molar-refractivity contribution in [3.8, 4) is 22.9 Å². The minimum atomic E-state index is -0.363. The number of carbonyl (C=O) groups excluding carboxylic acids is 1. The lowest BCUT2D eigenvalue weighted by atomic mass is 9.96. The fraction of sp³-hybridized carbons (Fsp3) is 0.167. The zero-order valence-electron chi connectivity index (χ0n) is 15.9. The molecule has 3 aromatic rings. The highest BCUT2D eigenvalue weighted by molar-refractivity contribution is 5.89. The molecule has 3 rings (SSSR count). The van der Waals surface area contributed by atoms with E-state index >= 15 is 0 Å². The Morgan fingerprint density at radius 1 is 1.00 bits per heavy atom. The molecule has 0 fully saturated rings. The number of benzene rings is 3. The summed E-state index contributed by atoms with van der Waals surface area (Å²) in [4.78, 5) is 11.5. The maximum absolute atomic E-state index is 11.5. The Morgan fingerprint density at radius 3 is 2.43 bits per heavy atom. The molecule has 0 aliphatic heterocycles. The maximum atomic E-state index is 11.5. The molecule has 3 aromatic carbocycles. The summed E-state index contributed by atoms with van der Waals surface area (Å²) < 4.78 is 10.8. The molecule has 0 aliphatic rings. The topological polar surface area (TPSA) is 59.3 Å². The molecule has 140 valence electrons. The largest absolute Gasteiger partial charge is 0.488 e.